The monoisotopic (exact) mass is 602 g/mol. The maximum absolute atomic E-state index is 13.6. The number of likely N-dealkylation sites (tertiary alicyclic amines) is 2. The Morgan fingerprint density at radius 2 is 1.91 bits per heavy atom. The summed E-state index contributed by atoms with van der Waals surface area (Å²) in [4.78, 5) is 48.0. The highest BCUT2D eigenvalue weighted by Gasteiger charge is 2.45. The van der Waals surface area contributed by atoms with Crippen molar-refractivity contribution in [3.8, 4) is 17.1 Å². The van der Waals surface area contributed by atoms with Crippen molar-refractivity contribution in [3.63, 3.8) is 0 Å². The molecule has 0 aliphatic carbocycles. The van der Waals surface area contributed by atoms with Gasteiger partial charge < -0.3 is 29.2 Å². The number of esters is 1. The number of nitrogens with zero attached hydrogens (tertiary/aromatic N) is 4. The van der Waals surface area contributed by atoms with E-state index in [9.17, 15) is 24.6 Å². The van der Waals surface area contributed by atoms with Crippen molar-refractivity contribution in [1.29, 1.82) is 0 Å². The minimum Gasteiger partial charge on any atom is -0.458 e. The van der Waals surface area contributed by atoms with Crippen LogP contribution in [-0.4, -0.2) is 73.5 Å². The number of aliphatic hydroxyl groups is 2. The highest BCUT2D eigenvalue weighted by Crippen LogP contribution is 2.41. The van der Waals surface area contributed by atoms with Crippen molar-refractivity contribution in [3.05, 3.63) is 56.9 Å². The lowest BCUT2D eigenvalue weighted by molar-refractivity contribution is -0.172. The number of aliphatic hydroxyl groups excluding tert-OH is 1. The molecule has 0 spiro atoms. The third kappa shape index (κ3) is 4.52. The molecule has 11 nitrogen and oxygen atoms in total. The molecule has 2 aromatic heterocycles. The number of ether oxygens (including phenoxy) is 2. The van der Waals surface area contributed by atoms with E-state index >= 15 is 0 Å². The van der Waals surface area contributed by atoms with Crippen LogP contribution in [0.1, 0.15) is 74.6 Å². The number of pyridine rings is 2. The summed E-state index contributed by atoms with van der Waals surface area (Å²) in [6.07, 6.45) is 4.19. The van der Waals surface area contributed by atoms with Crippen LogP contribution in [0, 0.1) is 0 Å². The van der Waals surface area contributed by atoms with Crippen LogP contribution < -0.4 is 10.3 Å². The molecule has 3 atom stereocenters. The molecular weight excluding hydrogens is 564 g/mol. The Morgan fingerprint density at radius 3 is 2.64 bits per heavy atom. The van der Waals surface area contributed by atoms with E-state index in [-0.39, 0.29) is 35.8 Å². The largest absolute Gasteiger partial charge is 0.458 e. The zero-order chi connectivity index (χ0) is 30.7. The molecule has 0 saturated carbocycles. The first-order chi connectivity index (χ1) is 21.2. The second kappa shape index (κ2) is 11.0. The summed E-state index contributed by atoms with van der Waals surface area (Å²) in [6.45, 7) is 6.35. The third-order valence-corrected chi connectivity index (χ3v) is 10.0. The van der Waals surface area contributed by atoms with E-state index in [0.717, 1.165) is 36.0 Å². The summed E-state index contributed by atoms with van der Waals surface area (Å²) >= 11 is 0. The minimum atomic E-state index is -1.88. The minimum absolute atomic E-state index is 0.0783. The van der Waals surface area contributed by atoms with Gasteiger partial charge in [0.05, 0.1) is 29.0 Å². The van der Waals surface area contributed by atoms with Crippen LogP contribution in [0.3, 0.4) is 0 Å². The quantitative estimate of drug-likeness (QED) is 0.337. The number of cyclic esters (lactones) is 1. The summed E-state index contributed by atoms with van der Waals surface area (Å²) in [5.41, 5.74) is 2.09. The van der Waals surface area contributed by atoms with E-state index in [1.54, 1.807) is 35.8 Å². The van der Waals surface area contributed by atoms with Gasteiger partial charge in [-0.05, 0) is 75.0 Å². The van der Waals surface area contributed by atoms with E-state index in [0.29, 0.717) is 48.6 Å². The van der Waals surface area contributed by atoms with Gasteiger partial charge in [0.15, 0.2) is 5.60 Å². The summed E-state index contributed by atoms with van der Waals surface area (Å²) < 4.78 is 12.6. The van der Waals surface area contributed by atoms with Gasteiger partial charge in [0.1, 0.15) is 18.6 Å². The van der Waals surface area contributed by atoms with Gasteiger partial charge in [-0.15, -0.1) is 0 Å². The lowest BCUT2D eigenvalue weighted by Crippen LogP contribution is -2.53. The van der Waals surface area contributed by atoms with Crippen molar-refractivity contribution in [2.75, 3.05) is 19.6 Å². The smallest absolute Gasteiger partial charge is 0.417 e. The van der Waals surface area contributed by atoms with Gasteiger partial charge in [-0.3, -0.25) is 9.69 Å². The summed E-state index contributed by atoms with van der Waals surface area (Å²) in [5, 5.41) is 22.8. The highest BCUT2D eigenvalue weighted by atomic mass is 16.6. The van der Waals surface area contributed by atoms with Gasteiger partial charge in [0.2, 0.25) is 0 Å². The molecule has 2 saturated heterocycles. The van der Waals surface area contributed by atoms with Gasteiger partial charge in [0.25, 0.3) is 5.56 Å². The molecular formula is C33H38N4O7. The van der Waals surface area contributed by atoms with Gasteiger partial charge in [0, 0.05) is 35.5 Å². The van der Waals surface area contributed by atoms with Crippen LogP contribution in [0.4, 0.5) is 4.79 Å². The number of aryl methyl sites for hydroxylation is 1. The summed E-state index contributed by atoms with van der Waals surface area (Å²) in [5.74, 6) is -0.395. The fraction of sp³-hybridized carbons (Fsp3) is 0.515. The first-order valence-electron chi connectivity index (χ1n) is 15.8. The summed E-state index contributed by atoms with van der Waals surface area (Å²) in [6, 6.07) is 7.26. The highest BCUT2D eigenvalue weighted by molar-refractivity contribution is 5.90. The number of rotatable bonds is 4. The second-order valence-electron chi connectivity index (χ2n) is 12.4. The Kier molecular flexibility index (Phi) is 7.22. The van der Waals surface area contributed by atoms with Crippen LogP contribution in [0.15, 0.2) is 29.1 Å². The first kappa shape index (κ1) is 28.9. The Hall–Kier alpha value is -3.80. The van der Waals surface area contributed by atoms with Gasteiger partial charge in [-0.1, -0.05) is 20.3 Å². The molecule has 1 aromatic carbocycles. The van der Waals surface area contributed by atoms with Crippen molar-refractivity contribution < 1.29 is 29.3 Å². The van der Waals surface area contributed by atoms with Crippen LogP contribution in [-0.2, 0) is 34.7 Å². The molecule has 3 aromatic rings. The molecule has 2 N–H and O–H groups in total. The second-order valence-corrected chi connectivity index (χ2v) is 12.4. The molecule has 2 fully saturated rings. The molecule has 11 heteroatoms. The van der Waals surface area contributed by atoms with E-state index in [1.807, 2.05) is 6.92 Å². The lowest BCUT2D eigenvalue weighted by atomic mass is 9.86. The van der Waals surface area contributed by atoms with Crippen molar-refractivity contribution >= 4 is 23.0 Å². The Balaban J connectivity index is 1.17. The predicted molar refractivity (Wildman–Crippen MR) is 161 cm³/mol. The van der Waals surface area contributed by atoms with Crippen molar-refractivity contribution in [2.24, 2.45) is 0 Å². The lowest BCUT2D eigenvalue weighted by Gasteiger charge is -2.42. The molecule has 44 heavy (non-hydrogen) atoms. The van der Waals surface area contributed by atoms with Crippen LogP contribution in [0.5, 0.6) is 5.75 Å². The van der Waals surface area contributed by atoms with E-state index in [2.05, 4.69) is 4.90 Å². The normalized spacial score (nSPS) is 24.9. The Morgan fingerprint density at radius 1 is 1.11 bits per heavy atom. The van der Waals surface area contributed by atoms with Crippen LogP contribution in [0.2, 0.25) is 0 Å². The average Bonchev–Trinajstić information content (AvgIpc) is 3.40. The average molecular weight is 603 g/mol. The SMILES string of the molecule is CCc1c2c(nc3ccc(OC(=O)N4CC[C@H](N5CCCCC5)C[C@@H]4O)cc13)-c1cc3c(c(=O)n1C2)COC(=O)[C@]3(O)CC. The summed E-state index contributed by atoms with van der Waals surface area (Å²) in [7, 11) is 0. The number of fused-ring (bicyclic) bond motifs is 5. The van der Waals surface area contributed by atoms with E-state index < -0.39 is 23.9 Å². The topological polar surface area (TPSA) is 134 Å². The number of carbonyl (C=O) groups is 2. The van der Waals surface area contributed by atoms with E-state index in [4.69, 9.17) is 14.5 Å². The zero-order valence-corrected chi connectivity index (χ0v) is 25.2. The number of carbonyl (C=O) groups excluding carboxylic acids is 2. The Bertz CT molecular complexity index is 1730. The first-order valence-corrected chi connectivity index (χ1v) is 15.8. The fourth-order valence-electron chi connectivity index (χ4n) is 7.52. The maximum atomic E-state index is 13.6. The van der Waals surface area contributed by atoms with Crippen LogP contribution >= 0.6 is 0 Å². The number of hydrogen-bond donors (Lipinski definition) is 2. The molecule has 0 unspecified atom stereocenters. The number of aromatic nitrogens is 2. The number of amides is 1. The predicted octanol–water partition coefficient (Wildman–Crippen LogP) is 3.41. The van der Waals surface area contributed by atoms with Gasteiger partial charge in [-0.2, -0.15) is 0 Å². The van der Waals surface area contributed by atoms with E-state index in [1.165, 1.54) is 24.2 Å². The number of piperidine rings is 2. The van der Waals surface area contributed by atoms with Crippen molar-refractivity contribution in [1.82, 2.24) is 19.4 Å². The zero-order valence-electron chi connectivity index (χ0n) is 25.2. The molecule has 0 bridgehead atoms. The molecule has 4 aliphatic heterocycles. The third-order valence-electron chi connectivity index (χ3n) is 10.0. The molecule has 4 aliphatic rings. The molecule has 1 amide bonds. The molecule has 7 rings (SSSR count). The number of hydrogen-bond acceptors (Lipinski definition) is 9. The number of benzene rings is 1. The molecule has 6 heterocycles. The maximum Gasteiger partial charge on any atom is 0.417 e. The molecule has 232 valence electrons. The standard InChI is InChI=1S/C33H38N4O7/c1-3-21-22-15-20(44-32(41)36-13-10-19(14-28(36)38)35-11-6-5-7-12-35)8-9-26(22)34-29-23(21)17-37-27(29)16-25-24(30(37)39)18-43-31(40)33(25,42)4-2/h8-9,15-16,19,28,38,42H,3-7,10-14,17-18H2,1-2H3/t19-,28-,33-/m0/s1. The van der Waals surface area contributed by atoms with Gasteiger partial charge >= 0.3 is 12.1 Å². The molecule has 0 radical (unpaired) electrons. The van der Waals surface area contributed by atoms with Crippen molar-refractivity contribution in [2.45, 2.75) is 89.8 Å². The fourth-order valence-corrected chi connectivity index (χ4v) is 7.52. The van der Waals surface area contributed by atoms with Crippen LogP contribution in [0.25, 0.3) is 22.3 Å². The Labute approximate surface area is 255 Å². The van der Waals surface area contributed by atoms with Gasteiger partial charge in [-0.25, -0.2) is 14.6 Å².